The van der Waals surface area contributed by atoms with Crippen LogP contribution in [-0.4, -0.2) is 51.9 Å². The number of amides is 3. The molecule has 0 spiro atoms. The number of ether oxygens (including phenoxy) is 1. The first-order valence-electron chi connectivity index (χ1n) is 11.6. The highest BCUT2D eigenvalue weighted by atomic mass is 35.5. The zero-order chi connectivity index (χ0) is 29.3. The van der Waals surface area contributed by atoms with E-state index >= 15 is 0 Å². The summed E-state index contributed by atoms with van der Waals surface area (Å²) >= 11 is 6.11. The summed E-state index contributed by atoms with van der Waals surface area (Å²) in [4.78, 5) is 41.3. The van der Waals surface area contributed by atoms with Crippen molar-refractivity contribution in [2.45, 2.75) is 51.6 Å². The molecule has 2 aromatic carbocycles. The van der Waals surface area contributed by atoms with Crippen LogP contribution in [0.4, 0.5) is 28.0 Å². The molecule has 1 heterocycles. The Morgan fingerprint density at radius 3 is 2.28 bits per heavy atom. The monoisotopic (exact) mass is 568 g/mol. The molecule has 0 aliphatic carbocycles. The number of nitriles is 1. The lowest BCUT2D eigenvalue weighted by atomic mass is 9.85. The molecule has 0 bridgehead atoms. The lowest BCUT2D eigenvalue weighted by Crippen LogP contribution is -2.76. The van der Waals surface area contributed by atoms with Gasteiger partial charge in [-0.05, 0) is 56.7 Å². The standard InChI is InChI=1S/C26H25ClF4N4O4/c1-15(36)35(12-17-6-7-18(10-19(17)27)26(29,30)31)25(13-34(14-25)23(38)39-24(2,3)4)22(37)33-21-8-5-16(11-32)9-20(21)28/h5-10H,12-14H2,1-4H3,(H,33,37). The van der Waals surface area contributed by atoms with Crippen LogP contribution >= 0.6 is 11.6 Å². The van der Waals surface area contributed by atoms with Crippen molar-refractivity contribution in [1.82, 2.24) is 9.80 Å². The molecular weight excluding hydrogens is 544 g/mol. The number of nitrogens with zero attached hydrogens (tertiary/aromatic N) is 3. The Balaban J connectivity index is 1.98. The van der Waals surface area contributed by atoms with Crippen LogP contribution in [0.2, 0.25) is 5.02 Å². The average Bonchev–Trinajstić information content (AvgIpc) is 2.77. The largest absolute Gasteiger partial charge is 0.444 e. The molecule has 3 rings (SSSR count). The molecule has 208 valence electrons. The summed E-state index contributed by atoms with van der Waals surface area (Å²) in [5.74, 6) is -2.41. The van der Waals surface area contributed by atoms with Gasteiger partial charge in [0.15, 0.2) is 5.54 Å². The lowest BCUT2D eigenvalue weighted by Gasteiger charge is -2.53. The number of likely N-dealkylation sites (tertiary alicyclic amines) is 1. The molecule has 0 unspecified atom stereocenters. The fraction of sp³-hybridized carbons (Fsp3) is 0.385. The van der Waals surface area contributed by atoms with E-state index in [1.165, 1.54) is 17.0 Å². The van der Waals surface area contributed by atoms with E-state index in [0.29, 0.717) is 6.07 Å². The minimum Gasteiger partial charge on any atom is -0.444 e. The minimum atomic E-state index is -4.64. The molecule has 39 heavy (non-hydrogen) atoms. The average molecular weight is 569 g/mol. The number of hydrogen-bond acceptors (Lipinski definition) is 5. The Kier molecular flexibility index (Phi) is 8.17. The van der Waals surface area contributed by atoms with Crippen molar-refractivity contribution in [2.75, 3.05) is 18.4 Å². The quantitative estimate of drug-likeness (QED) is 0.490. The SMILES string of the molecule is CC(=O)N(Cc1ccc(C(F)(F)F)cc1Cl)C1(C(=O)Nc2ccc(C#N)cc2F)CN(C(=O)OC(C)(C)C)C1. The van der Waals surface area contributed by atoms with Gasteiger partial charge in [0, 0.05) is 18.5 Å². The molecule has 13 heteroatoms. The number of alkyl halides is 3. The molecule has 1 aliphatic heterocycles. The molecule has 0 saturated carbocycles. The predicted octanol–water partition coefficient (Wildman–Crippen LogP) is 5.35. The maximum Gasteiger partial charge on any atom is 0.416 e. The van der Waals surface area contributed by atoms with Gasteiger partial charge in [0.1, 0.15) is 11.4 Å². The molecule has 1 aliphatic rings. The van der Waals surface area contributed by atoms with E-state index in [2.05, 4.69) is 5.32 Å². The summed E-state index contributed by atoms with van der Waals surface area (Å²) in [6.07, 6.45) is -5.40. The summed E-state index contributed by atoms with van der Waals surface area (Å²) in [5, 5.41) is 11.1. The van der Waals surface area contributed by atoms with E-state index < -0.39 is 46.6 Å². The second-order valence-corrected chi connectivity index (χ2v) is 10.4. The topological polar surface area (TPSA) is 103 Å². The van der Waals surface area contributed by atoms with Crippen molar-refractivity contribution in [1.29, 1.82) is 5.26 Å². The third-order valence-corrected chi connectivity index (χ3v) is 6.28. The highest BCUT2D eigenvalue weighted by Gasteiger charge is 2.57. The van der Waals surface area contributed by atoms with Gasteiger partial charge in [-0.25, -0.2) is 9.18 Å². The molecule has 0 atom stereocenters. The molecule has 0 aromatic heterocycles. The highest BCUT2D eigenvalue weighted by Crippen LogP contribution is 2.36. The molecule has 8 nitrogen and oxygen atoms in total. The second kappa shape index (κ2) is 10.7. The van der Waals surface area contributed by atoms with Crippen LogP contribution in [0, 0.1) is 17.1 Å². The fourth-order valence-electron chi connectivity index (χ4n) is 3.99. The molecule has 1 fully saturated rings. The summed E-state index contributed by atoms with van der Waals surface area (Å²) in [5.41, 5.74) is -3.72. The van der Waals surface area contributed by atoms with Gasteiger partial charge < -0.3 is 19.9 Å². The third-order valence-electron chi connectivity index (χ3n) is 5.93. The van der Waals surface area contributed by atoms with Crippen LogP contribution in [0.3, 0.4) is 0 Å². The second-order valence-electron chi connectivity index (χ2n) is 10.0. The number of nitrogens with one attached hydrogen (secondary N) is 1. The number of halogens is 5. The lowest BCUT2D eigenvalue weighted by molar-refractivity contribution is -0.156. The van der Waals surface area contributed by atoms with Crippen molar-refractivity contribution >= 4 is 35.2 Å². The third kappa shape index (κ3) is 6.60. The molecule has 1 saturated heterocycles. The number of anilines is 1. The Labute approximate surface area is 227 Å². The van der Waals surface area contributed by atoms with Crippen LogP contribution in [0.25, 0.3) is 0 Å². The first-order valence-corrected chi connectivity index (χ1v) is 12.0. The first-order chi connectivity index (χ1) is 18.0. The summed E-state index contributed by atoms with van der Waals surface area (Å²) in [7, 11) is 0. The Morgan fingerprint density at radius 2 is 1.79 bits per heavy atom. The maximum atomic E-state index is 14.6. The van der Waals surface area contributed by atoms with Gasteiger partial charge in [0.2, 0.25) is 5.91 Å². The van der Waals surface area contributed by atoms with Gasteiger partial charge in [0.25, 0.3) is 5.91 Å². The zero-order valence-electron chi connectivity index (χ0n) is 21.4. The Morgan fingerprint density at radius 1 is 1.15 bits per heavy atom. The molecule has 2 aromatic rings. The molecule has 1 N–H and O–H groups in total. The smallest absolute Gasteiger partial charge is 0.416 e. The molecular formula is C26H25ClF4N4O4. The van der Waals surface area contributed by atoms with Crippen molar-refractivity contribution < 1.29 is 36.7 Å². The predicted molar refractivity (Wildman–Crippen MR) is 133 cm³/mol. The number of benzene rings is 2. The Hall–Kier alpha value is -3.85. The summed E-state index contributed by atoms with van der Waals surface area (Å²) in [6, 6.07) is 7.75. The van der Waals surface area contributed by atoms with Gasteiger partial charge in [0.05, 0.1) is 36.0 Å². The van der Waals surface area contributed by atoms with E-state index in [9.17, 15) is 31.9 Å². The van der Waals surface area contributed by atoms with E-state index in [-0.39, 0.29) is 41.5 Å². The van der Waals surface area contributed by atoms with E-state index in [1.54, 1.807) is 26.8 Å². The highest BCUT2D eigenvalue weighted by molar-refractivity contribution is 6.31. The minimum absolute atomic E-state index is 0.0160. The fourth-order valence-corrected chi connectivity index (χ4v) is 4.23. The maximum absolute atomic E-state index is 14.6. The van der Waals surface area contributed by atoms with Crippen LogP contribution in [-0.2, 0) is 27.0 Å². The van der Waals surface area contributed by atoms with Crippen LogP contribution in [0.15, 0.2) is 36.4 Å². The van der Waals surface area contributed by atoms with Crippen LogP contribution in [0.5, 0.6) is 0 Å². The summed E-state index contributed by atoms with van der Waals surface area (Å²) in [6.45, 7) is 5.02. The van der Waals surface area contributed by atoms with Crippen LogP contribution < -0.4 is 5.32 Å². The first kappa shape index (κ1) is 29.7. The number of carbonyl (C=O) groups is 3. The van der Waals surface area contributed by atoms with Crippen molar-refractivity contribution in [3.05, 3.63) is 63.9 Å². The van der Waals surface area contributed by atoms with E-state index in [1.807, 2.05) is 0 Å². The zero-order valence-corrected chi connectivity index (χ0v) is 22.2. The molecule has 0 radical (unpaired) electrons. The number of carbonyl (C=O) groups excluding carboxylic acids is 3. The number of hydrogen-bond donors (Lipinski definition) is 1. The van der Waals surface area contributed by atoms with Gasteiger partial charge in [-0.2, -0.15) is 18.4 Å². The Bertz CT molecular complexity index is 1340. The van der Waals surface area contributed by atoms with Gasteiger partial charge in [-0.3, -0.25) is 9.59 Å². The van der Waals surface area contributed by atoms with Gasteiger partial charge >= 0.3 is 12.3 Å². The van der Waals surface area contributed by atoms with Crippen molar-refractivity contribution in [2.24, 2.45) is 0 Å². The summed E-state index contributed by atoms with van der Waals surface area (Å²) < 4.78 is 59.2. The molecule has 3 amide bonds. The van der Waals surface area contributed by atoms with Crippen molar-refractivity contribution in [3.8, 4) is 6.07 Å². The normalized spacial score (nSPS) is 14.6. The number of rotatable bonds is 5. The van der Waals surface area contributed by atoms with E-state index in [4.69, 9.17) is 21.6 Å². The van der Waals surface area contributed by atoms with Gasteiger partial charge in [-0.15, -0.1) is 0 Å². The van der Waals surface area contributed by atoms with E-state index in [0.717, 1.165) is 30.0 Å². The van der Waals surface area contributed by atoms with Crippen molar-refractivity contribution in [3.63, 3.8) is 0 Å². The van der Waals surface area contributed by atoms with Crippen LogP contribution in [0.1, 0.15) is 44.4 Å². The van der Waals surface area contributed by atoms with Gasteiger partial charge in [-0.1, -0.05) is 17.7 Å².